The number of aliphatic carboxylic acids is 1. The third-order valence-electron chi connectivity index (χ3n) is 3.80. The number of carboxylic acids is 1. The lowest BCUT2D eigenvalue weighted by molar-refractivity contribution is -0.144. The van der Waals surface area contributed by atoms with Crippen molar-refractivity contribution in [1.29, 1.82) is 0 Å². The summed E-state index contributed by atoms with van der Waals surface area (Å²) in [6.07, 6.45) is 3.05. The number of hydrogen-bond acceptors (Lipinski definition) is 4. The first-order chi connectivity index (χ1) is 9.54. The molecule has 7 nitrogen and oxygen atoms in total. The number of carbonyl (C=O) groups excluding carboxylic acids is 2. The third kappa shape index (κ3) is 3.27. The van der Waals surface area contributed by atoms with Gasteiger partial charge in [-0.15, -0.1) is 0 Å². The highest BCUT2D eigenvalue weighted by Crippen LogP contribution is 2.33. The van der Waals surface area contributed by atoms with Gasteiger partial charge in [-0.3, -0.25) is 9.59 Å². The number of carboxylic acid groups (broad SMARTS) is 1. The Kier molecular flexibility index (Phi) is 4.59. The second kappa shape index (κ2) is 6.21. The van der Waals surface area contributed by atoms with Crippen molar-refractivity contribution in [2.45, 2.75) is 44.2 Å². The third-order valence-corrected chi connectivity index (χ3v) is 3.80. The van der Waals surface area contributed by atoms with Gasteiger partial charge in [0.2, 0.25) is 11.8 Å². The number of amides is 2. The summed E-state index contributed by atoms with van der Waals surface area (Å²) in [6.45, 7) is 0.248. The molecule has 0 bridgehead atoms. The second-order valence-electron chi connectivity index (χ2n) is 5.38. The van der Waals surface area contributed by atoms with Crippen molar-refractivity contribution in [2.75, 3.05) is 13.2 Å². The van der Waals surface area contributed by atoms with Crippen LogP contribution in [-0.2, 0) is 14.4 Å². The minimum absolute atomic E-state index is 0.0108. The van der Waals surface area contributed by atoms with Crippen LogP contribution in [0.25, 0.3) is 0 Å². The van der Waals surface area contributed by atoms with Crippen LogP contribution >= 0.6 is 0 Å². The molecule has 1 unspecified atom stereocenters. The monoisotopic (exact) mass is 284 g/mol. The number of hydrogen-bond donors (Lipinski definition) is 3. The van der Waals surface area contributed by atoms with Gasteiger partial charge in [-0.2, -0.15) is 0 Å². The topological polar surface area (TPSA) is 107 Å². The maximum atomic E-state index is 12.1. The van der Waals surface area contributed by atoms with Crippen LogP contribution in [0, 0.1) is 5.92 Å². The van der Waals surface area contributed by atoms with E-state index in [2.05, 4.69) is 5.32 Å². The van der Waals surface area contributed by atoms with E-state index in [0.717, 1.165) is 19.3 Å². The number of nitrogens with zero attached hydrogens (tertiary/aromatic N) is 1. The molecular formula is C13H20N2O5. The summed E-state index contributed by atoms with van der Waals surface area (Å²) in [6, 6.07) is -1.67. The fraction of sp³-hybridized carbons (Fsp3) is 0.769. The molecule has 1 saturated carbocycles. The van der Waals surface area contributed by atoms with E-state index in [1.165, 1.54) is 0 Å². The lowest BCUT2D eigenvalue weighted by atomic mass is 10.1. The largest absolute Gasteiger partial charge is 0.480 e. The van der Waals surface area contributed by atoms with E-state index < -0.39 is 24.0 Å². The summed E-state index contributed by atoms with van der Waals surface area (Å²) in [4.78, 5) is 36.7. The summed E-state index contributed by atoms with van der Waals surface area (Å²) in [7, 11) is 0. The van der Waals surface area contributed by atoms with Crippen LogP contribution in [0.15, 0.2) is 0 Å². The Labute approximate surface area is 116 Å². The summed E-state index contributed by atoms with van der Waals surface area (Å²) in [5, 5.41) is 20.2. The number of aliphatic hydroxyl groups is 1. The quantitative estimate of drug-likeness (QED) is 0.600. The molecule has 1 heterocycles. The molecule has 0 aromatic heterocycles. The van der Waals surface area contributed by atoms with Crippen molar-refractivity contribution in [3.05, 3.63) is 0 Å². The summed E-state index contributed by atoms with van der Waals surface area (Å²) in [5.74, 6) is -1.55. The van der Waals surface area contributed by atoms with Gasteiger partial charge in [-0.1, -0.05) is 0 Å². The minimum atomic E-state index is -1.18. The number of nitrogens with one attached hydrogen (secondary N) is 1. The molecule has 1 saturated heterocycles. The second-order valence-corrected chi connectivity index (χ2v) is 5.38. The average molecular weight is 284 g/mol. The van der Waals surface area contributed by atoms with Crippen molar-refractivity contribution >= 4 is 17.8 Å². The predicted molar refractivity (Wildman–Crippen MR) is 68.7 cm³/mol. The maximum absolute atomic E-state index is 12.1. The molecular weight excluding hydrogens is 264 g/mol. The average Bonchev–Trinajstić information content (AvgIpc) is 3.14. The zero-order chi connectivity index (χ0) is 14.7. The first-order valence-corrected chi connectivity index (χ1v) is 6.99. The normalized spacial score (nSPS) is 23.4. The van der Waals surface area contributed by atoms with Crippen molar-refractivity contribution < 1.29 is 24.6 Å². The standard InChI is InChI=1S/C13H20N2O5/c16-7-5-9(13(19)20)14-11(17)10-2-1-6-15(10)12(18)8-3-4-8/h8-10,16H,1-7H2,(H,14,17)(H,19,20)/t9-,10?/m1/s1. The van der Waals surface area contributed by atoms with Gasteiger partial charge in [-0.05, 0) is 25.7 Å². The smallest absolute Gasteiger partial charge is 0.326 e. The Balaban J connectivity index is 1.96. The Hall–Kier alpha value is -1.63. The van der Waals surface area contributed by atoms with E-state index in [0.29, 0.717) is 13.0 Å². The molecule has 0 spiro atoms. The highest BCUT2D eigenvalue weighted by atomic mass is 16.4. The Morgan fingerprint density at radius 1 is 1.25 bits per heavy atom. The lowest BCUT2D eigenvalue weighted by Gasteiger charge is -2.25. The summed E-state index contributed by atoms with van der Waals surface area (Å²) in [5.41, 5.74) is 0. The molecule has 3 N–H and O–H groups in total. The van der Waals surface area contributed by atoms with Crippen LogP contribution in [0.2, 0.25) is 0 Å². The minimum Gasteiger partial charge on any atom is -0.480 e. The number of carbonyl (C=O) groups is 3. The van der Waals surface area contributed by atoms with Gasteiger partial charge < -0.3 is 20.4 Å². The summed E-state index contributed by atoms with van der Waals surface area (Å²) < 4.78 is 0. The van der Waals surface area contributed by atoms with E-state index in [-0.39, 0.29) is 24.9 Å². The molecule has 2 amide bonds. The van der Waals surface area contributed by atoms with Crippen LogP contribution in [0.3, 0.4) is 0 Å². The van der Waals surface area contributed by atoms with Crippen LogP contribution in [0.4, 0.5) is 0 Å². The SMILES string of the molecule is O=C(N[C@H](CCO)C(=O)O)C1CCCN1C(=O)C1CC1. The van der Waals surface area contributed by atoms with Gasteiger partial charge >= 0.3 is 5.97 Å². The molecule has 1 aliphatic heterocycles. The Morgan fingerprint density at radius 2 is 1.95 bits per heavy atom. The molecule has 2 atom stereocenters. The zero-order valence-corrected chi connectivity index (χ0v) is 11.2. The molecule has 112 valence electrons. The molecule has 2 rings (SSSR count). The lowest BCUT2D eigenvalue weighted by Crippen LogP contribution is -2.51. The van der Waals surface area contributed by atoms with Gasteiger partial charge in [0.15, 0.2) is 0 Å². The van der Waals surface area contributed by atoms with Crippen LogP contribution < -0.4 is 5.32 Å². The van der Waals surface area contributed by atoms with Gasteiger partial charge in [0, 0.05) is 25.5 Å². The van der Waals surface area contributed by atoms with Crippen molar-refractivity contribution in [2.24, 2.45) is 5.92 Å². The van der Waals surface area contributed by atoms with E-state index in [1.54, 1.807) is 4.90 Å². The van der Waals surface area contributed by atoms with Crippen molar-refractivity contribution in [1.82, 2.24) is 10.2 Å². The highest BCUT2D eigenvalue weighted by Gasteiger charge is 2.41. The molecule has 1 aliphatic carbocycles. The first-order valence-electron chi connectivity index (χ1n) is 6.99. The fourth-order valence-electron chi connectivity index (χ4n) is 2.52. The Morgan fingerprint density at radius 3 is 2.50 bits per heavy atom. The van der Waals surface area contributed by atoms with Crippen LogP contribution in [0.5, 0.6) is 0 Å². The maximum Gasteiger partial charge on any atom is 0.326 e. The van der Waals surface area contributed by atoms with E-state index in [4.69, 9.17) is 10.2 Å². The van der Waals surface area contributed by atoms with E-state index in [9.17, 15) is 14.4 Å². The van der Waals surface area contributed by atoms with Gasteiger partial charge in [0.25, 0.3) is 0 Å². The molecule has 2 aliphatic rings. The van der Waals surface area contributed by atoms with Crippen molar-refractivity contribution in [3.8, 4) is 0 Å². The Bertz CT molecular complexity index is 408. The van der Waals surface area contributed by atoms with Gasteiger partial charge in [0.1, 0.15) is 12.1 Å². The molecule has 0 aromatic carbocycles. The summed E-state index contributed by atoms with van der Waals surface area (Å²) >= 11 is 0. The van der Waals surface area contributed by atoms with Gasteiger partial charge in [0.05, 0.1) is 0 Å². The molecule has 7 heteroatoms. The number of rotatable bonds is 6. The van der Waals surface area contributed by atoms with E-state index in [1.807, 2.05) is 0 Å². The number of aliphatic hydroxyl groups excluding tert-OH is 1. The molecule has 0 aromatic rings. The number of likely N-dealkylation sites (tertiary alicyclic amines) is 1. The van der Waals surface area contributed by atoms with Crippen molar-refractivity contribution in [3.63, 3.8) is 0 Å². The van der Waals surface area contributed by atoms with Crippen LogP contribution in [0.1, 0.15) is 32.1 Å². The van der Waals surface area contributed by atoms with E-state index >= 15 is 0 Å². The fourth-order valence-corrected chi connectivity index (χ4v) is 2.52. The highest BCUT2D eigenvalue weighted by molar-refractivity contribution is 5.92. The molecule has 0 radical (unpaired) electrons. The molecule has 20 heavy (non-hydrogen) atoms. The zero-order valence-electron chi connectivity index (χ0n) is 11.2. The predicted octanol–water partition coefficient (Wildman–Crippen LogP) is -0.661. The molecule has 2 fully saturated rings. The first kappa shape index (κ1) is 14.8. The van der Waals surface area contributed by atoms with Crippen LogP contribution in [-0.4, -0.2) is 58.1 Å². The van der Waals surface area contributed by atoms with Gasteiger partial charge in [-0.25, -0.2) is 4.79 Å².